The van der Waals surface area contributed by atoms with E-state index in [1.54, 1.807) is 0 Å². The van der Waals surface area contributed by atoms with Crippen molar-refractivity contribution in [3.63, 3.8) is 0 Å². The third-order valence-corrected chi connectivity index (χ3v) is 4.20. The summed E-state index contributed by atoms with van der Waals surface area (Å²) in [7, 11) is 1.94. The second-order valence-electron chi connectivity index (χ2n) is 7.27. The molecule has 0 radical (unpaired) electrons. The fourth-order valence-corrected chi connectivity index (χ4v) is 2.79. The molecular formula is C22H31NO2. The predicted molar refractivity (Wildman–Crippen MR) is 105 cm³/mol. The summed E-state index contributed by atoms with van der Waals surface area (Å²) in [5.74, 6) is 1.87. The van der Waals surface area contributed by atoms with Gasteiger partial charge < -0.3 is 14.8 Å². The van der Waals surface area contributed by atoms with Gasteiger partial charge in [-0.15, -0.1) is 0 Å². The van der Waals surface area contributed by atoms with Crippen molar-refractivity contribution in [3.05, 3.63) is 59.2 Å². The van der Waals surface area contributed by atoms with Crippen LogP contribution in [0.4, 0.5) is 0 Å². The molecule has 0 bridgehead atoms. The monoisotopic (exact) mass is 341 g/mol. The van der Waals surface area contributed by atoms with E-state index in [2.05, 4.69) is 57.3 Å². The van der Waals surface area contributed by atoms with Gasteiger partial charge in [0, 0.05) is 12.1 Å². The highest BCUT2D eigenvalue weighted by molar-refractivity contribution is 5.41. The van der Waals surface area contributed by atoms with E-state index >= 15 is 0 Å². The molecule has 0 aliphatic carbocycles. The SMILES string of the molecule is CCc1ccc(OCCOc2ccccc2CNC)c(C(C)(C)C)c1. The minimum absolute atomic E-state index is 0.0563. The predicted octanol–water partition coefficient (Wildman–Crippen LogP) is 4.72. The number of nitrogens with one attached hydrogen (secondary N) is 1. The maximum atomic E-state index is 6.04. The standard InChI is InChI=1S/C22H31NO2/c1-6-17-11-12-21(19(15-17)22(2,3)4)25-14-13-24-20-10-8-7-9-18(20)16-23-5/h7-12,15,23H,6,13-14,16H2,1-5H3. The molecule has 0 atom stereocenters. The molecule has 0 spiro atoms. The molecule has 2 aromatic carbocycles. The number of aryl methyl sites for hydroxylation is 1. The molecule has 0 heterocycles. The first kappa shape index (κ1) is 19.3. The number of para-hydroxylation sites is 1. The summed E-state index contributed by atoms with van der Waals surface area (Å²) in [6.45, 7) is 10.7. The highest BCUT2D eigenvalue weighted by Gasteiger charge is 2.19. The van der Waals surface area contributed by atoms with Crippen molar-refractivity contribution in [2.45, 2.75) is 46.1 Å². The zero-order valence-electron chi connectivity index (χ0n) is 16.2. The molecule has 0 aliphatic rings. The lowest BCUT2D eigenvalue weighted by Gasteiger charge is -2.24. The molecule has 0 amide bonds. The van der Waals surface area contributed by atoms with E-state index in [1.165, 1.54) is 11.1 Å². The van der Waals surface area contributed by atoms with E-state index in [0.29, 0.717) is 13.2 Å². The molecule has 0 saturated carbocycles. The zero-order valence-corrected chi connectivity index (χ0v) is 16.2. The Bertz CT molecular complexity index is 674. The van der Waals surface area contributed by atoms with E-state index in [-0.39, 0.29) is 5.41 Å². The van der Waals surface area contributed by atoms with Crippen LogP contribution in [0.25, 0.3) is 0 Å². The van der Waals surface area contributed by atoms with Gasteiger partial charge in [0.05, 0.1) is 0 Å². The number of hydrogen-bond donors (Lipinski definition) is 1. The third-order valence-electron chi connectivity index (χ3n) is 4.20. The second kappa shape index (κ2) is 8.91. The quantitative estimate of drug-likeness (QED) is 0.705. The maximum Gasteiger partial charge on any atom is 0.123 e. The molecule has 3 heteroatoms. The summed E-state index contributed by atoms with van der Waals surface area (Å²) in [4.78, 5) is 0. The summed E-state index contributed by atoms with van der Waals surface area (Å²) in [6.07, 6.45) is 1.04. The number of rotatable bonds is 8. The molecule has 136 valence electrons. The molecule has 0 aromatic heterocycles. The average Bonchev–Trinajstić information content (AvgIpc) is 2.59. The van der Waals surface area contributed by atoms with Gasteiger partial charge in [-0.2, -0.15) is 0 Å². The Morgan fingerprint density at radius 3 is 2.24 bits per heavy atom. The van der Waals surface area contributed by atoms with Crippen LogP contribution in [0.5, 0.6) is 11.5 Å². The van der Waals surface area contributed by atoms with Crippen LogP contribution in [0.3, 0.4) is 0 Å². The molecule has 0 aliphatic heterocycles. The number of ether oxygens (including phenoxy) is 2. The maximum absolute atomic E-state index is 6.04. The Balaban J connectivity index is 1.98. The van der Waals surface area contributed by atoms with Crippen molar-refractivity contribution in [1.82, 2.24) is 5.32 Å². The van der Waals surface area contributed by atoms with Gasteiger partial charge in [0.1, 0.15) is 24.7 Å². The molecule has 0 unspecified atom stereocenters. The Kier molecular flexibility index (Phi) is 6.89. The zero-order chi connectivity index (χ0) is 18.3. The van der Waals surface area contributed by atoms with Crippen LogP contribution in [0.15, 0.2) is 42.5 Å². The molecule has 25 heavy (non-hydrogen) atoms. The van der Waals surface area contributed by atoms with Crippen molar-refractivity contribution >= 4 is 0 Å². The summed E-state index contributed by atoms with van der Waals surface area (Å²) in [5, 5.41) is 3.16. The van der Waals surface area contributed by atoms with Gasteiger partial charge in [0.2, 0.25) is 0 Å². The van der Waals surface area contributed by atoms with Crippen LogP contribution in [0, 0.1) is 0 Å². The molecular weight excluding hydrogens is 310 g/mol. The van der Waals surface area contributed by atoms with Gasteiger partial charge in [-0.3, -0.25) is 0 Å². The van der Waals surface area contributed by atoms with Crippen molar-refractivity contribution < 1.29 is 9.47 Å². The van der Waals surface area contributed by atoms with Crippen LogP contribution in [-0.4, -0.2) is 20.3 Å². The second-order valence-corrected chi connectivity index (χ2v) is 7.27. The largest absolute Gasteiger partial charge is 0.490 e. The minimum atomic E-state index is 0.0563. The highest BCUT2D eigenvalue weighted by atomic mass is 16.5. The molecule has 2 aromatic rings. The highest BCUT2D eigenvalue weighted by Crippen LogP contribution is 2.32. The van der Waals surface area contributed by atoms with Crippen molar-refractivity contribution in [2.75, 3.05) is 20.3 Å². The Morgan fingerprint density at radius 1 is 0.920 bits per heavy atom. The average molecular weight is 341 g/mol. The Labute approximate surface area is 152 Å². The third kappa shape index (κ3) is 5.50. The topological polar surface area (TPSA) is 30.5 Å². The Hall–Kier alpha value is -2.00. The van der Waals surface area contributed by atoms with Crippen molar-refractivity contribution in [1.29, 1.82) is 0 Å². The smallest absolute Gasteiger partial charge is 0.123 e. The molecule has 0 fully saturated rings. The first-order valence-electron chi connectivity index (χ1n) is 9.07. The van der Waals surface area contributed by atoms with Gasteiger partial charge in [0.25, 0.3) is 0 Å². The van der Waals surface area contributed by atoms with E-state index in [4.69, 9.17) is 9.47 Å². The molecule has 3 nitrogen and oxygen atoms in total. The van der Waals surface area contributed by atoms with Crippen LogP contribution < -0.4 is 14.8 Å². The molecule has 0 saturated heterocycles. The number of benzene rings is 2. The van der Waals surface area contributed by atoms with Crippen LogP contribution >= 0.6 is 0 Å². The van der Waals surface area contributed by atoms with Gasteiger partial charge in [-0.05, 0) is 42.1 Å². The van der Waals surface area contributed by atoms with Crippen molar-refractivity contribution in [3.8, 4) is 11.5 Å². The lowest BCUT2D eigenvalue weighted by atomic mass is 9.85. The fourth-order valence-electron chi connectivity index (χ4n) is 2.79. The van der Waals surface area contributed by atoms with Gasteiger partial charge in [-0.1, -0.05) is 58.0 Å². The Morgan fingerprint density at radius 2 is 1.60 bits per heavy atom. The summed E-state index contributed by atoms with van der Waals surface area (Å²) >= 11 is 0. The first-order valence-corrected chi connectivity index (χ1v) is 9.07. The summed E-state index contributed by atoms with van der Waals surface area (Å²) in [6, 6.07) is 14.6. The minimum Gasteiger partial charge on any atom is -0.490 e. The van der Waals surface area contributed by atoms with Crippen LogP contribution in [0.2, 0.25) is 0 Å². The van der Waals surface area contributed by atoms with E-state index in [9.17, 15) is 0 Å². The first-order chi connectivity index (χ1) is 12.0. The van der Waals surface area contributed by atoms with Gasteiger partial charge in [-0.25, -0.2) is 0 Å². The van der Waals surface area contributed by atoms with E-state index < -0.39 is 0 Å². The lowest BCUT2D eigenvalue weighted by Crippen LogP contribution is -2.16. The summed E-state index contributed by atoms with van der Waals surface area (Å²) in [5.41, 5.74) is 3.81. The number of hydrogen-bond acceptors (Lipinski definition) is 3. The van der Waals surface area contributed by atoms with Crippen LogP contribution in [0.1, 0.15) is 44.4 Å². The van der Waals surface area contributed by atoms with Crippen molar-refractivity contribution in [2.24, 2.45) is 0 Å². The van der Waals surface area contributed by atoms with Gasteiger partial charge >= 0.3 is 0 Å². The lowest BCUT2D eigenvalue weighted by molar-refractivity contribution is 0.213. The fraction of sp³-hybridized carbons (Fsp3) is 0.455. The van der Waals surface area contributed by atoms with E-state index in [0.717, 1.165) is 30.0 Å². The summed E-state index contributed by atoms with van der Waals surface area (Å²) < 4.78 is 12.0. The molecule has 2 rings (SSSR count). The molecule has 1 N–H and O–H groups in total. The van der Waals surface area contributed by atoms with E-state index in [1.807, 2.05) is 25.2 Å². The van der Waals surface area contributed by atoms with Crippen LogP contribution in [-0.2, 0) is 18.4 Å². The normalized spacial score (nSPS) is 11.4. The van der Waals surface area contributed by atoms with Gasteiger partial charge in [0.15, 0.2) is 0 Å².